The number of amides is 1. The van der Waals surface area contributed by atoms with E-state index in [2.05, 4.69) is 19.2 Å². The number of hydrogen-bond donors (Lipinski definition) is 3. The van der Waals surface area contributed by atoms with Crippen LogP contribution < -0.4 is 5.32 Å². The first-order valence-electron chi connectivity index (χ1n) is 29.4. The number of phosphoric ester groups is 1. The maximum Gasteiger partial charge on any atom is 0.472 e. The van der Waals surface area contributed by atoms with Crippen LogP contribution in [0.3, 0.4) is 0 Å². The van der Waals surface area contributed by atoms with Crippen molar-refractivity contribution < 1.29 is 32.9 Å². The third-order valence-electron chi connectivity index (χ3n) is 13.9. The summed E-state index contributed by atoms with van der Waals surface area (Å²) in [5.74, 6) is -0.139. The van der Waals surface area contributed by atoms with E-state index in [9.17, 15) is 19.4 Å². The van der Waals surface area contributed by atoms with Crippen molar-refractivity contribution in [2.75, 3.05) is 40.9 Å². The van der Waals surface area contributed by atoms with E-state index in [1.54, 1.807) is 0 Å². The predicted molar refractivity (Wildman–Crippen MR) is 286 cm³/mol. The number of nitrogens with zero attached hydrogens (tertiary/aromatic N) is 1. The molecule has 3 N–H and O–H groups in total. The molecule has 0 radical (unpaired) electrons. The zero-order chi connectivity index (χ0) is 48.5. The number of likely N-dealkylation sites (N-methyl/N-ethyl adjacent to an activating group) is 1. The van der Waals surface area contributed by atoms with Gasteiger partial charge in [0.1, 0.15) is 13.2 Å². The Morgan fingerprint density at radius 2 is 0.727 bits per heavy atom. The summed E-state index contributed by atoms with van der Waals surface area (Å²) in [6.45, 7) is 4.93. The molecule has 396 valence electrons. The van der Waals surface area contributed by atoms with Gasteiger partial charge in [-0.3, -0.25) is 13.8 Å². The fourth-order valence-electron chi connectivity index (χ4n) is 9.23. The third kappa shape index (κ3) is 51.4. The summed E-state index contributed by atoms with van der Waals surface area (Å²) in [7, 11) is 1.63. The Bertz CT molecular complexity index is 1040. The normalized spacial score (nSPS) is 13.9. The highest BCUT2D eigenvalue weighted by atomic mass is 31.2. The van der Waals surface area contributed by atoms with Gasteiger partial charge in [-0.15, -0.1) is 0 Å². The molecular formula is C57H118N2O6P+. The van der Waals surface area contributed by atoms with E-state index in [-0.39, 0.29) is 19.1 Å². The van der Waals surface area contributed by atoms with E-state index in [0.717, 1.165) is 38.5 Å². The molecule has 0 saturated carbocycles. The van der Waals surface area contributed by atoms with Gasteiger partial charge >= 0.3 is 7.82 Å². The van der Waals surface area contributed by atoms with Gasteiger partial charge in [-0.2, -0.15) is 0 Å². The highest BCUT2D eigenvalue weighted by molar-refractivity contribution is 7.47. The standard InChI is InChI=1S/C57H117N2O6P/c1-6-8-10-12-14-16-18-20-21-22-23-24-25-26-27-28-29-30-31-32-33-34-35-36-37-38-39-40-42-44-46-48-50-56(60)55(54-65-66(62,63)64-53-52-59(3,4)5)58-57(61)51-49-47-45-43-41-19-17-15-13-11-9-7-2/h55-56,60H,6-54H2,1-5H3,(H-,58,61,62,63)/p+1. The third-order valence-corrected chi connectivity index (χ3v) is 14.8. The zero-order valence-corrected chi connectivity index (χ0v) is 46.1. The van der Waals surface area contributed by atoms with Gasteiger partial charge in [-0.25, -0.2) is 4.57 Å². The van der Waals surface area contributed by atoms with E-state index in [1.165, 1.54) is 244 Å². The Hall–Kier alpha value is -0.500. The van der Waals surface area contributed by atoms with E-state index in [4.69, 9.17) is 9.05 Å². The van der Waals surface area contributed by atoms with E-state index >= 15 is 0 Å². The Balaban J connectivity index is 3.94. The molecular weight excluding hydrogens is 840 g/mol. The van der Waals surface area contributed by atoms with Crippen molar-refractivity contribution in [1.29, 1.82) is 0 Å². The van der Waals surface area contributed by atoms with Crippen LogP contribution in [0.1, 0.15) is 309 Å². The molecule has 9 heteroatoms. The number of phosphoric acid groups is 1. The molecule has 0 aromatic heterocycles. The van der Waals surface area contributed by atoms with Crippen molar-refractivity contribution in [2.24, 2.45) is 0 Å². The van der Waals surface area contributed by atoms with Crippen LogP contribution in [0.4, 0.5) is 0 Å². The first-order chi connectivity index (χ1) is 32.0. The number of hydrogen-bond acceptors (Lipinski definition) is 5. The molecule has 66 heavy (non-hydrogen) atoms. The van der Waals surface area contributed by atoms with Crippen molar-refractivity contribution in [2.45, 2.75) is 321 Å². The zero-order valence-electron chi connectivity index (χ0n) is 45.2. The summed E-state index contributed by atoms with van der Waals surface area (Å²) in [5, 5.41) is 14.0. The summed E-state index contributed by atoms with van der Waals surface area (Å²) in [4.78, 5) is 23.2. The monoisotopic (exact) mass is 958 g/mol. The molecule has 0 aliphatic heterocycles. The highest BCUT2D eigenvalue weighted by Gasteiger charge is 2.28. The molecule has 0 aliphatic carbocycles. The Labute approximate surface area is 412 Å². The van der Waals surface area contributed by atoms with Gasteiger partial charge in [-0.05, 0) is 12.8 Å². The molecule has 0 fully saturated rings. The van der Waals surface area contributed by atoms with Gasteiger partial charge in [0, 0.05) is 6.42 Å². The summed E-state index contributed by atoms with van der Waals surface area (Å²) in [6, 6.07) is -0.754. The lowest BCUT2D eigenvalue weighted by molar-refractivity contribution is -0.870. The number of quaternary nitrogens is 1. The van der Waals surface area contributed by atoms with Crippen LogP contribution in [-0.2, 0) is 18.4 Å². The first-order valence-corrected chi connectivity index (χ1v) is 30.9. The van der Waals surface area contributed by atoms with Crippen molar-refractivity contribution in [3.05, 3.63) is 0 Å². The highest BCUT2D eigenvalue weighted by Crippen LogP contribution is 2.43. The predicted octanol–water partition coefficient (Wildman–Crippen LogP) is 17.7. The van der Waals surface area contributed by atoms with E-state index < -0.39 is 20.0 Å². The molecule has 1 amide bonds. The van der Waals surface area contributed by atoms with Crippen LogP contribution in [0.5, 0.6) is 0 Å². The van der Waals surface area contributed by atoms with Crippen LogP contribution >= 0.6 is 7.82 Å². The quantitative estimate of drug-likeness (QED) is 0.0319. The van der Waals surface area contributed by atoms with Crippen molar-refractivity contribution >= 4 is 13.7 Å². The second kappa shape index (κ2) is 49.5. The molecule has 3 unspecified atom stereocenters. The maximum atomic E-state index is 12.9. The molecule has 0 spiro atoms. The average Bonchev–Trinajstić information content (AvgIpc) is 3.28. The maximum absolute atomic E-state index is 12.9. The number of rotatable bonds is 55. The molecule has 0 bridgehead atoms. The number of aliphatic hydroxyl groups excluding tert-OH is 1. The molecule has 0 heterocycles. The Kier molecular flexibility index (Phi) is 49.1. The van der Waals surface area contributed by atoms with Gasteiger partial charge in [0.15, 0.2) is 0 Å². The van der Waals surface area contributed by atoms with Crippen molar-refractivity contribution in [3.8, 4) is 0 Å². The molecule has 0 saturated heterocycles. The molecule has 8 nitrogen and oxygen atoms in total. The summed E-state index contributed by atoms with van der Waals surface area (Å²) >= 11 is 0. The number of nitrogens with one attached hydrogen (secondary N) is 1. The van der Waals surface area contributed by atoms with Crippen molar-refractivity contribution in [1.82, 2.24) is 5.32 Å². The lowest BCUT2D eigenvalue weighted by Gasteiger charge is -2.26. The Morgan fingerprint density at radius 3 is 1.02 bits per heavy atom. The van der Waals surface area contributed by atoms with Crippen LogP contribution in [-0.4, -0.2) is 73.4 Å². The fourth-order valence-corrected chi connectivity index (χ4v) is 9.96. The number of aliphatic hydroxyl groups is 1. The fraction of sp³-hybridized carbons (Fsp3) is 0.982. The lowest BCUT2D eigenvalue weighted by atomic mass is 10.0. The minimum absolute atomic E-state index is 0.0789. The number of carbonyl (C=O) groups excluding carboxylic acids is 1. The average molecular weight is 959 g/mol. The van der Waals surface area contributed by atoms with Crippen LogP contribution in [0.25, 0.3) is 0 Å². The molecule has 0 aliphatic rings. The second-order valence-corrected chi connectivity index (χ2v) is 23.2. The summed E-state index contributed by atoms with van der Waals surface area (Å²) < 4.78 is 23.7. The molecule has 0 aromatic rings. The molecule has 0 aromatic carbocycles. The largest absolute Gasteiger partial charge is 0.472 e. The lowest BCUT2D eigenvalue weighted by Crippen LogP contribution is -2.46. The molecule has 0 rings (SSSR count). The van der Waals surface area contributed by atoms with Crippen LogP contribution in [0.2, 0.25) is 0 Å². The minimum atomic E-state index is -4.31. The van der Waals surface area contributed by atoms with Gasteiger partial charge in [0.25, 0.3) is 0 Å². The first kappa shape index (κ1) is 65.5. The number of unbranched alkanes of at least 4 members (excludes halogenated alkanes) is 42. The van der Waals surface area contributed by atoms with E-state index in [0.29, 0.717) is 23.9 Å². The smallest absolute Gasteiger partial charge is 0.391 e. The van der Waals surface area contributed by atoms with Gasteiger partial charge in [0.05, 0.1) is 39.9 Å². The summed E-state index contributed by atoms with van der Waals surface area (Å²) in [6.07, 6.45) is 59.0. The van der Waals surface area contributed by atoms with Crippen LogP contribution in [0.15, 0.2) is 0 Å². The Morgan fingerprint density at radius 1 is 0.455 bits per heavy atom. The van der Waals surface area contributed by atoms with Gasteiger partial charge in [0.2, 0.25) is 5.91 Å². The SMILES string of the molecule is CCCCCCCCCCCCCCCCCCCCCCCCCCCCCCCCCCC(O)C(COP(=O)(O)OCC[N+](C)(C)C)NC(=O)CCCCCCCCCCCCCC. The summed E-state index contributed by atoms with van der Waals surface area (Å²) in [5.41, 5.74) is 0. The topological polar surface area (TPSA) is 105 Å². The van der Waals surface area contributed by atoms with Gasteiger partial charge in [-0.1, -0.05) is 290 Å². The van der Waals surface area contributed by atoms with E-state index in [1.807, 2.05) is 21.1 Å². The van der Waals surface area contributed by atoms with Crippen molar-refractivity contribution in [3.63, 3.8) is 0 Å². The van der Waals surface area contributed by atoms with Crippen LogP contribution in [0, 0.1) is 0 Å². The van der Waals surface area contributed by atoms with Gasteiger partial charge < -0.3 is 19.8 Å². The minimum Gasteiger partial charge on any atom is -0.391 e. The number of carbonyl (C=O) groups is 1. The second-order valence-electron chi connectivity index (χ2n) is 21.7. The molecule has 3 atom stereocenters.